The summed E-state index contributed by atoms with van der Waals surface area (Å²) in [5, 5.41) is 12.9. The molecule has 1 unspecified atom stereocenters. The third-order valence-corrected chi connectivity index (χ3v) is 3.13. The molecule has 0 saturated carbocycles. The highest BCUT2D eigenvalue weighted by Crippen LogP contribution is 2.22. The van der Waals surface area contributed by atoms with E-state index in [9.17, 15) is 4.79 Å². The van der Waals surface area contributed by atoms with E-state index in [0.29, 0.717) is 11.4 Å². The molecular formula is C9H12N2O2S2. The molecule has 82 valence electrons. The zero-order valence-corrected chi connectivity index (χ0v) is 9.82. The fraction of sp³-hybridized carbons (Fsp3) is 0.333. The topological polar surface area (TPSA) is 75.3 Å². The van der Waals surface area contributed by atoms with Gasteiger partial charge in [-0.2, -0.15) is 0 Å². The van der Waals surface area contributed by atoms with Gasteiger partial charge in [0.15, 0.2) is 0 Å². The number of amides is 1. The predicted octanol–water partition coefficient (Wildman–Crippen LogP) is 1.91. The number of nitrogens with two attached hydrogens (primary N) is 1. The minimum absolute atomic E-state index is 0.201. The summed E-state index contributed by atoms with van der Waals surface area (Å²) in [5.41, 5.74) is 6.45. The van der Waals surface area contributed by atoms with Crippen molar-refractivity contribution < 1.29 is 9.90 Å². The van der Waals surface area contributed by atoms with E-state index in [0.717, 1.165) is 10.4 Å². The highest BCUT2D eigenvalue weighted by atomic mass is 32.1. The lowest BCUT2D eigenvalue weighted by atomic mass is 10.2. The van der Waals surface area contributed by atoms with Crippen molar-refractivity contribution >= 4 is 34.6 Å². The van der Waals surface area contributed by atoms with E-state index in [1.54, 1.807) is 6.92 Å². The fourth-order valence-electron chi connectivity index (χ4n) is 1.17. The summed E-state index contributed by atoms with van der Waals surface area (Å²) in [6.07, 6.45) is -0.460. The van der Waals surface area contributed by atoms with Crippen molar-refractivity contribution in [3.63, 3.8) is 0 Å². The first-order chi connectivity index (χ1) is 6.99. The number of thiocarbonyl (C=S) groups is 1. The Morgan fingerprint density at radius 3 is 3.00 bits per heavy atom. The van der Waals surface area contributed by atoms with Gasteiger partial charge in [-0.1, -0.05) is 12.2 Å². The van der Waals surface area contributed by atoms with Gasteiger partial charge in [0.1, 0.15) is 0 Å². The second kappa shape index (κ2) is 5.09. The van der Waals surface area contributed by atoms with Gasteiger partial charge in [-0.25, -0.2) is 4.79 Å². The van der Waals surface area contributed by atoms with Gasteiger partial charge in [0, 0.05) is 11.3 Å². The highest BCUT2D eigenvalue weighted by Gasteiger charge is 2.10. The minimum atomic E-state index is -1.02. The van der Waals surface area contributed by atoms with E-state index in [1.165, 1.54) is 11.3 Å². The Hall–Kier alpha value is -1.14. The second-order valence-electron chi connectivity index (χ2n) is 3.17. The van der Waals surface area contributed by atoms with E-state index < -0.39 is 6.09 Å². The van der Waals surface area contributed by atoms with Gasteiger partial charge in [-0.15, -0.1) is 11.3 Å². The van der Waals surface area contributed by atoms with Crippen LogP contribution in [0.2, 0.25) is 0 Å². The van der Waals surface area contributed by atoms with Crippen molar-refractivity contribution in [1.82, 2.24) is 5.32 Å². The molecule has 0 radical (unpaired) electrons. The molecule has 0 aliphatic carbocycles. The molecule has 4 nitrogen and oxygen atoms in total. The normalized spacial score (nSPS) is 12.1. The molecule has 1 aromatic rings. The minimum Gasteiger partial charge on any atom is -0.465 e. The molecule has 0 aliphatic heterocycles. The van der Waals surface area contributed by atoms with E-state index in [-0.39, 0.29) is 6.04 Å². The number of nitrogens with one attached hydrogen (secondary N) is 1. The largest absolute Gasteiger partial charge is 0.465 e. The Balaban J connectivity index is 2.66. The lowest BCUT2D eigenvalue weighted by Crippen LogP contribution is -2.23. The van der Waals surface area contributed by atoms with Crippen LogP contribution in [0.5, 0.6) is 0 Å². The summed E-state index contributed by atoms with van der Waals surface area (Å²) in [6.45, 7) is 1.80. The van der Waals surface area contributed by atoms with Gasteiger partial charge in [-0.05, 0) is 23.9 Å². The Morgan fingerprint density at radius 1 is 1.80 bits per heavy atom. The van der Waals surface area contributed by atoms with Gasteiger partial charge >= 0.3 is 6.09 Å². The van der Waals surface area contributed by atoms with E-state index in [1.807, 2.05) is 11.4 Å². The maximum atomic E-state index is 10.4. The van der Waals surface area contributed by atoms with Crippen molar-refractivity contribution in [2.75, 3.05) is 0 Å². The van der Waals surface area contributed by atoms with Crippen molar-refractivity contribution in [1.29, 1.82) is 0 Å². The number of rotatable bonds is 4. The van der Waals surface area contributed by atoms with E-state index >= 15 is 0 Å². The van der Waals surface area contributed by atoms with Crippen LogP contribution < -0.4 is 11.1 Å². The van der Waals surface area contributed by atoms with Crippen molar-refractivity contribution in [2.24, 2.45) is 5.73 Å². The lowest BCUT2D eigenvalue weighted by molar-refractivity contribution is 0.191. The van der Waals surface area contributed by atoms with Crippen LogP contribution in [0.4, 0.5) is 4.79 Å². The molecule has 1 atom stereocenters. The molecular weight excluding hydrogens is 232 g/mol. The van der Waals surface area contributed by atoms with E-state index in [4.69, 9.17) is 23.1 Å². The average molecular weight is 244 g/mol. The van der Waals surface area contributed by atoms with Crippen LogP contribution >= 0.6 is 23.6 Å². The van der Waals surface area contributed by atoms with Crippen LogP contribution in [0.3, 0.4) is 0 Å². The fourth-order valence-corrected chi connectivity index (χ4v) is 2.26. The zero-order valence-electron chi connectivity index (χ0n) is 8.19. The second-order valence-corrected chi connectivity index (χ2v) is 4.64. The molecule has 0 bridgehead atoms. The van der Waals surface area contributed by atoms with E-state index in [2.05, 4.69) is 5.32 Å². The quantitative estimate of drug-likeness (QED) is 0.707. The van der Waals surface area contributed by atoms with Gasteiger partial charge in [0.05, 0.1) is 11.0 Å². The maximum Gasteiger partial charge on any atom is 0.405 e. The van der Waals surface area contributed by atoms with Crippen LogP contribution in [-0.4, -0.2) is 16.2 Å². The molecule has 1 aromatic heterocycles. The first-order valence-corrected chi connectivity index (χ1v) is 5.63. The third-order valence-electron chi connectivity index (χ3n) is 1.82. The Bertz CT molecular complexity index is 376. The lowest BCUT2D eigenvalue weighted by Gasteiger charge is -2.07. The highest BCUT2D eigenvalue weighted by molar-refractivity contribution is 7.80. The number of hydrogen-bond donors (Lipinski definition) is 3. The number of carbonyl (C=O) groups is 1. The molecule has 6 heteroatoms. The molecule has 1 amide bonds. The molecule has 0 fully saturated rings. The van der Waals surface area contributed by atoms with Crippen molar-refractivity contribution in [3.05, 3.63) is 21.9 Å². The molecule has 0 aliphatic rings. The van der Waals surface area contributed by atoms with Crippen molar-refractivity contribution in [3.8, 4) is 0 Å². The van der Waals surface area contributed by atoms with Crippen LogP contribution in [0.1, 0.15) is 23.4 Å². The summed E-state index contributed by atoms with van der Waals surface area (Å²) in [5.74, 6) is 0. The predicted molar refractivity (Wildman–Crippen MR) is 64.4 cm³/mol. The summed E-state index contributed by atoms with van der Waals surface area (Å²) in [4.78, 5) is 11.8. The van der Waals surface area contributed by atoms with Crippen LogP contribution in [0.25, 0.3) is 0 Å². The molecule has 0 aromatic carbocycles. The van der Waals surface area contributed by atoms with Gasteiger partial charge in [-0.3, -0.25) is 0 Å². The summed E-state index contributed by atoms with van der Waals surface area (Å²) >= 11 is 6.30. The number of hydrogen-bond acceptors (Lipinski definition) is 3. The molecule has 1 heterocycles. The Morgan fingerprint density at radius 2 is 2.47 bits per heavy atom. The van der Waals surface area contributed by atoms with Crippen LogP contribution in [0, 0.1) is 0 Å². The Labute approximate surface area is 97.1 Å². The van der Waals surface area contributed by atoms with Crippen molar-refractivity contribution in [2.45, 2.75) is 19.4 Å². The summed E-state index contributed by atoms with van der Waals surface area (Å²) < 4.78 is 0. The SMILES string of the molecule is CC(NC(=O)O)c1cc(CC(N)=S)cs1. The van der Waals surface area contributed by atoms with Crippen LogP contribution in [-0.2, 0) is 6.42 Å². The first kappa shape index (κ1) is 11.9. The average Bonchev–Trinajstić information content (AvgIpc) is 2.50. The van der Waals surface area contributed by atoms with Gasteiger partial charge in [0.25, 0.3) is 0 Å². The standard InChI is InChI=1S/C9H12N2O2S2/c1-5(11-9(12)13)7-2-6(4-15-7)3-8(10)14/h2,4-5,11H,3H2,1H3,(H2,10,14)(H,12,13). The zero-order chi connectivity index (χ0) is 11.4. The summed E-state index contributed by atoms with van der Waals surface area (Å²) in [6, 6.07) is 1.72. The molecule has 0 spiro atoms. The molecule has 0 saturated heterocycles. The summed E-state index contributed by atoms with van der Waals surface area (Å²) in [7, 11) is 0. The number of thiophene rings is 1. The first-order valence-electron chi connectivity index (χ1n) is 4.34. The molecule has 4 N–H and O–H groups in total. The molecule has 1 rings (SSSR count). The van der Waals surface area contributed by atoms with Gasteiger partial charge < -0.3 is 16.2 Å². The van der Waals surface area contributed by atoms with Gasteiger partial charge in [0.2, 0.25) is 0 Å². The molecule has 15 heavy (non-hydrogen) atoms. The smallest absolute Gasteiger partial charge is 0.405 e. The maximum absolute atomic E-state index is 10.4. The number of carboxylic acid groups (broad SMARTS) is 1. The third kappa shape index (κ3) is 3.85. The Kier molecular flexibility index (Phi) is 4.05. The monoisotopic (exact) mass is 244 g/mol. The van der Waals surface area contributed by atoms with Crippen LogP contribution in [0.15, 0.2) is 11.4 Å².